The van der Waals surface area contributed by atoms with Gasteiger partial charge in [0.25, 0.3) is 0 Å². The van der Waals surface area contributed by atoms with Crippen LogP contribution in [-0.4, -0.2) is 0 Å². The summed E-state index contributed by atoms with van der Waals surface area (Å²) < 4.78 is 0. The molecule has 0 saturated carbocycles. The summed E-state index contributed by atoms with van der Waals surface area (Å²) in [5.41, 5.74) is 6.76. The maximum atomic E-state index is 5.93. The molecule has 0 spiro atoms. The van der Waals surface area contributed by atoms with E-state index in [-0.39, 0.29) is 0 Å². The Morgan fingerprint density at radius 3 is 2.30 bits per heavy atom. The molecule has 0 fully saturated rings. The van der Waals surface area contributed by atoms with Crippen molar-refractivity contribution < 1.29 is 20.8 Å². The van der Waals surface area contributed by atoms with Crippen LogP contribution in [0.15, 0.2) is 48.0 Å². The topological polar surface area (TPSA) is 0 Å². The van der Waals surface area contributed by atoms with Crippen molar-refractivity contribution in [3.05, 3.63) is 64.2 Å². The van der Waals surface area contributed by atoms with Crippen LogP contribution < -0.4 is 0 Å². The third-order valence-electron chi connectivity index (χ3n) is 3.21. The molecule has 0 N–H and O–H groups in total. The van der Waals surface area contributed by atoms with Gasteiger partial charge in [0.15, 0.2) is 0 Å². The van der Waals surface area contributed by atoms with E-state index in [1.54, 1.807) is 0 Å². The zero-order valence-electron chi connectivity index (χ0n) is 11.0. The van der Waals surface area contributed by atoms with Crippen LogP contribution in [0.25, 0.3) is 17.2 Å². The predicted molar refractivity (Wildman–Crippen MR) is 85.9 cm³/mol. The number of rotatable bonds is 1. The first-order chi connectivity index (χ1) is 9.65. The first kappa shape index (κ1) is 16.3. The monoisotopic (exact) mass is 400 g/mol. The summed E-state index contributed by atoms with van der Waals surface area (Å²) in [7, 11) is 9.87. The number of hydrogen-bond donors (Lipinski definition) is 0. The van der Waals surface area contributed by atoms with Gasteiger partial charge in [0, 0.05) is 5.02 Å². The molecule has 4 heteroatoms. The maximum absolute atomic E-state index is 5.93. The number of benzene rings is 2. The van der Waals surface area contributed by atoms with Crippen molar-refractivity contribution in [3.63, 3.8) is 0 Å². The fourth-order valence-electron chi connectivity index (χ4n) is 2.42. The number of fused-ring (bicyclic) bond motifs is 1. The van der Waals surface area contributed by atoms with Gasteiger partial charge in [0.2, 0.25) is 0 Å². The summed E-state index contributed by atoms with van der Waals surface area (Å²) in [4.78, 5) is 0. The van der Waals surface area contributed by atoms with E-state index in [4.69, 9.17) is 28.6 Å². The summed E-state index contributed by atoms with van der Waals surface area (Å²) in [5.74, 6) is 0. The zero-order valence-corrected chi connectivity index (χ0v) is 15.7. The summed E-state index contributed by atoms with van der Waals surface area (Å²) >= 11 is 5.10. The molecule has 0 amide bonds. The van der Waals surface area contributed by atoms with Gasteiger partial charge in [0.1, 0.15) is 0 Å². The molecule has 1 aliphatic rings. The van der Waals surface area contributed by atoms with Gasteiger partial charge in [-0.2, -0.15) is 0 Å². The van der Waals surface area contributed by atoms with Crippen LogP contribution in [0.4, 0.5) is 0 Å². The average Bonchev–Trinajstić information content (AvgIpc) is 2.80. The summed E-state index contributed by atoms with van der Waals surface area (Å²) in [6.07, 6.45) is 3.37. The second-order valence-electron chi connectivity index (χ2n) is 4.62. The van der Waals surface area contributed by atoms with Crippen molar-refractivity contribution in [2.24, 2.45) is 0 Å². The molecule has 1 aliphatic carbocycles. The quantitative estimate of drug-likeness (QED) is 0.522. The van der Waals surface area contributed by atoms with Crippen molar-refractivity contribution in [2.75, 3.05) is 0 Å². The SMILES string of the molecule is CC1=Cc2c(cccc2-c2ccc(Cl)cc2)C1.[Cl][Zr][Cl]. The molecular weight excluding hydrogens is 390 g/mol. The van der Waals surface area contributed by atoms with Gasteiger partial charge in [-0.05, 0) is 47.7 Å². The molecule has 0 nitrogen and oxygen atoms in total. The van der Waals surface area contributed by atoms with Crippen LogP contribution in [0.5, 0.6) is 0 Å². The summed E-state index contributed by atoms with van der Waals surface area (Å²) in [5, 5.41) is 0.785. The molecule has 3 rings (SSSR count). The molecular formula is C16H13Cl3Zr. The Bertz CT molecular complexity index is 618. The van der Waals surface area contributed by atoms with E-state index in [1.807, 2.05) is 12.1 Å². The van der Waals surface area contributed by atoms with Crippen LogP contribution in [0.2, 0.25) is 5.02 Å². The molecule has 0 saturated heterocycles. The van der Waals surface area contributed by atoms with Gasteiger partial charge in [-0.1, -0.05) is 53.6 Å². The van der Waals surface area contributed by atoms with E-state index in [2.05, 4.69) is 43.3 Å². The Morgan fingerprint density at radius 1 is 1.00 bits per heavy atom. The number of allylic oxidation sites excluding steroid dienone is 1. The van der Waals surface area contributed by atoms with Crippen LogP contribution in [0.3, 0.4) is 0 Å². The van der Waals surface area contributed by atoms with Crippen LogP contribution in [0, 0.1) is 0 Å². The molecule has 0 atom stereocenters. The van der Waals surface area contributed by atoms with Crippen molar-refractivity contribution in [1.29, 1.82) is 0 Å². The molecule has 2 aromatic carbocycles. The molecule has 2 aromatic rings. The molecule has 102 valence electrons. The fraction of sp³-hybridized carbons (Fsp3) is 0.125. The molecule has 0 unspecified atom stereocenters. The molecule has 0 heterocycles. The van der Waals surface area contributed by atoms with E-state index in [0.29, 0.717) is 0 Å². The second-order valence-corrected chi connectivity index (χ2v) is 8.79. The zero-order chi connectivity index (χ0) is 14.5. The molecule has 0 radical (unpaired) electrons. The third kappa shape index (κ3) is 3.98. The molecule has 20 heavy (non-hydrogen) atoms. The van der Waals surface area contributed by atoms with Crippen molar-refractivity contribution in [3.8, 4) is 11.1 Å². The minimum atomic E-state index is -0.826. The third-order valence-corrected chi connectivity index (χ3v) is 3.46. The van der Waals surface area contributed by atoms with Crippen LogP contribution in [0.1, 0.15) is 18.1 Å². The van der Waals surface area contributed by atoms with E-state index in [9.17, 15) is 0 Å². The van der Waals surface area contributed by atoms with Crippen molar-refractivity contribution in [2.45, 2.75) is 13.3 Å². The van der Waals surface area contributed by atoms with Gasteiger partial charge in [-0.3, -0.25) is 0 Å². The normalized spacial score (nSPS) is 12.1. The van der Waals surface area contributed by atoms with Gasteiger partial charge in [-0.15, -0.1) is 0 Å². The Morgan fingerprint density at radius 2 is 1.65 bits per heavy atom. The van der Waals surface area contributed by atoms with E-state index in [1.165, 1.54) is 27.8 Å². The molecule has 0 bridgehead atoms. The second kappa shape index (κ2) is 7.80. The fourth-order valence-corrected chi connectivity index (χ4v) is 2.54. The van der Waals surface area contributed by atoms with E-state index in [0.717, 1.165) is 11.4 Å². The van der Waals surface area contributed by atoms with Crippen molar-refractivity contribution >= 4 is 34.7 Å². The summed E-state index contributed by atoms with van der Waals surface area (Å²) in [6, 6.07) is 14.6. The first-order valence-electron chi connectivity index (χ1n) is 6.17. The van der Waals surface area contributed by atoms with Gasteiger partial charge >= 0.3 is 37.9 Å². The van der Waals surface area contributed by atoms with Crippen molar-refractivity contribution in [1.82, 2.24) is 0 Å². The Hall–Kier alpha value is -0.0669. The van der Waals surface area contributed by atoms with E-state index < -0.39 is 20.8 Å². The Labute approximate surface area is 143 Å². The number of hydrogen-bond acceptors (Lipinski definition) is 0. The van der Waals surface area contributed by atoms with Gasteiger partial charge in [-0.25, -0.2) is 0 Å². The first-order valence-corrected chi connectivity index (χ1v) is 12.9. The molecule has 0 aliphatic heterocycles. The van der Waals surface area contributed by atoms with Crippen LogP contribution in [-0.2, 0) is 27.3 Å². The minimum absolute atomic E-state index is 0.785. The van der Waals surface area contributed by atoms with Gasteiger partial charge in [0.05, 0.1) is 0 Å². The molecule has 0 aromatic heterocycles. The standard InChI is InChI=1S/C16H13Cl.2ClH.Zr/c1-11-9-13-3-2-4-15(16(13)10-11)12-5-7-14(17)8-6-12;;;/h2-8,10H,9H2,1H3;2*1H;/q;;;+2/p-2. The summed E-state index contributed by atoms with van der Waals surface area (Å²) in [6.45, 7) is 2.19. The Kier molecular flexibility index (Phi) is 6.36. The average molecular weight is 403 g/mol. The van der Waals surface area contributed by atoms with Gasteiger partial charge < -0.3 is 0 Å². The van der Waals surface area contributed by atoms with Crippen LogP contribution >= 0.6 is 28.6 Å². The number of halogens is 3. The Balaban J connectivity index is 0.000000452. The van der Waals surface area contributed by atoms with E-state index >= 15 is 0 Å². The predicted octanol–water partition coefficient (Wildman–Crippen LogP) is 6.34.